The fourth-order valence-electron chi connectivity index (χ4n) is 2.14. The zero-order chi connectivity index (χ0) is 11.2. The van der Waals surface area contributed by atoms with Gasteiger partial charge in [0.25, 0.3) is 0 Å². The maximum atomic E-state index is 6.22. The minimum Gasteiger partial charge on any atom is -0.325 e. The lowest BCUT2D eigenvalue weighted by molar-refractivity contribution is 0.107. The van der Waals surface area contributed by atoms with Gasteiger partial charge in [0.05, 0.1) is 0 Å². The molecule has 1 unspecified atom stereocenters. The van der Waals surface area contributed by atoms with Crippen LogP contribution in [-0.2, 0) is 0 Å². The number of likely N-dealkylation sites (N-methyl/N-ethyl adjacent to an activating group) is 1. The SMILES string of the molecule is CC#CCC(N)C(CC)(CC)N(C)C. The largest absolute Gasteiger partial charge is 0.325 e. The quantitative estimate of drug-likeness (QED) is 0.680. The molecular weight excluding hydrogens is 172 g/mol. The Labute approximate surface area is 88.9 Å². The molecule has 0 fully saturated rings. The van der Waals surface area contributed by atoms with Gasteiger partial charge in [0.2, 0.25) is 0 Å². The predicted octanol–water partition coefficient (Wildman–Crippen LogP) is 1.85. The van der Waals surface area contributed by atoms with Crippen LogP contribution in [0.15, 0.2) is 0 Å². The summed E-state index contributed by atoms with van der Waals surface area (Å²) in [6.45, 7) is 6.26. The van der Waals surface area contributed by atoms with Gasteiger partial charge in [-0.3, -0.25) is 0 Å². The van der Waals surface area contributed by atoms with Crippen molar-refractivity contribution >= 4 is 0 Å². The summed E-state index contributed by atoms with van der Waals surface area (Å²) in [6.07, 6.45) is 2.93. The number of rotatable bonds is 5. The third kappa shape index (κ3) is 2.73. The summed E-state index contributed by atoms with van der Waals surface area (Å²) in [4.78, 5) is 2.25. The van der Waals surface area contributed by atoms with Gasteiger partial charge in [-0.2, -0.15) is 0 Å². The summed E-state index contributed by atoms with van der Waals surface area (Å²) in [5.41, 5.74) is 6.32. The van der Waals surface area contributed by atoms with Crippen LogP contribution >= 0.6 is 0 Å². The Bertz CT molecular complexity index is 206. The molecule has 0 bridgehead atoms. The number of nitrogens with zero attached hydrogens (tertiary/aromatic N) is 1. The van der Waals surface area contributed by atoms with Gasteiger partial charge in [0.1, 0.15) is 0 Å². The number of hydrogen-bond donors (Lipinski definition) is 1. The first-order valence-corrected chi connectivity index (χ1v) is 5.37. The van der Waals surface area contributed by atoms with Gasteiger partial charge >= 0.3 is 0 Å². The Morgan fingerprint density at radius 3 is 2.07 bits per heavy atom. The van der Waals surface area contributed by atoms with E-state index in [4.69, 9.17) is 5.73 Å². The van der Waals surface area contributed by atoms with E-state index in [1.54, 1.807) is 0 Å². The van der Waals surface area contributed by atoms with Crippen LogP contribution in [0.1, 0.15) is 40.0 Å². The molecule has 0 radical (unpaired) electrons. The van der Waals surface area contributed by atoms with E-state index in [1.807, 2.05) is 6.92 Å². The zero-order valence-electron chi connectivity index (χ0n) is 10.2. The van der Waals surface area contributed by atoms with Crippen molar-refractivity contribution < 1.29 is 0 Å². The first-order chi connectivity index (χ1) is 6.55. The molecule has 0 aliphatic heterocycles. The lowest BCUT2D eigenvalue weighted by atomic mass is 9.82. The molecule has 82 valence electrons. The Balaban J connectivity index is 4.67. The molecule has 2 heteroatoms. The van der Waals surface area contributed by atoms with E-state index in [9.17, 15) is 0 Å². The number of hydrogen-bond acceptors (Lipinski definition) is 2. The van der Waals surface area contributed by atoms with E-state index < -0.39 is 0 Å². The van der Waals surface area contributed by atoms with E-state index in [0.29, 0.717) is 0 Å². The average Bonchev–Trinajstić information content (AvgIpc) is 2.17. The summed E-state index contributed by atoms with van der Waals surface area (Å²) < 4.78 is 0. The molecule has 0 rings (SSSR count). The summed E-state index contributed by atoms with van der Waals surface area (Å²) in [6, 6.07) is 0.139. The minimum atomic E-state index is 0.101. The van der Waals surface area contributed by atoms with Gasteiger partial charge in [-0.25, -0.2) is 0 Å². The fourth-order valence-corrected chi connectivity index (χ4v) is 2.14. The number of nitrogens with two attached hydrogens (primary N) is 1. The van der Waals surface area contributed by atoms with Gasteiger partial charge < -0.3 is 10.6 Å². The van der Waals surface area contributed by atoms with E-state index in [1.165, 1.54) is 0 Å². The summed E-state index contributed by atoms with van der Waals surface area (Å²) >= 11 is 0. The molecule has 0 saturated carbocycles. The Hall–Kier alpha value is -0.520. The monoisotopic (exact) mass is 196 g/mol. The van der Waals surface area contributed by atoms with E-state index in [-0.39, 0.29) is 11.6 Å². The van der Waals surface area contributed by atoms with Crippen LogP contribution in [0.4, 0.5) is 0 Å². The van der Waals surface area contributed by atoms with Crippen LogP contribution in [-0.4, -0.2) is 30.6 Å². The topological polar surface area (TPSA) is 29.3 Å². The molecule has 0 aromatic carbocycles. The molecule has 0 heterocycles. The normalized spacial score (nSPS) is 13.6. The van der Waals surface area contributed by atoms with Crippen LogP contribution in [0.2, 0.25) is 0 Å². The van der Waals surface area contributed by atoms with Gasteiger partial charge in [-0.1, -0.05) is 13.8 Å². The Kier molecular flexibility index (Phi) is 5.83. The van der Waals surface area contributed by atoms with Crippen LogP contribution in [0, 0.1) is 11.8 Å². The molecule has 14 heavy (non-hydrogen) atoms. The van der Waals surface area contributed by atoms with Crippen molar-refractivity contribution in [3.05, 3.63) is 0 Å². The van der Waals surface area contributed by atoms with Crippen molar-refractivity contribution in [2.45, 2.75) is 51.6 Å². The second kappa shape index (κ2) is 6.06. The predicted molar refractivity (Wildman–Crippen MR) is 63.0 cm³/mol. The highest BCUT2D eigenvalue weighted by atomic mass is 15.2. The van der Waals surface area contributed by atoms with Crippen molar-refractivity contribution in [2.24, 2.45) is 5.73 Å². The average molecular weight is 196 g/mol. The first-order valence-electron chi connectivity index (χ1n) is 5.37. The third-order valence-corrected chi connectivity index (χ3v) is 3.30. The molecule has 1 atom stereocenters. The summed E-state index contributed by atoms with van der Waals surface area (Å²) in [5.74, 6) is 5.98. The lowest BCUT2D eigenvalue weighted by Gasteiger charge is -2.43. The molecule has 2 nitrogen and oxygen atoms in total. The standard InChI is InChI=1S/C12H24N2/c1-6-9-10-11(13)12(7-2,8-3)14(4)5/h11H,7-8,10,13H2,1-5H3. The van der Waals surface area contributed by atoms with Gasteiger partial charge in [0, 0.05) is 18.0 Å². The van der Waals surface area contributed by atoms with Crippen LogP contribution in [0.5, 0.6) is 0 Å². The summed E-state index contributed by atoms with van der Waals surface area (Å²) in [7, 11) is 4.21. The van der Waals surface area contributed by atoms with Crippen molar-refractivity contribution in [3.8, 4) is 11.8 Å². The van der Waals surface area contributed by atoms with Crippen molar-refractivity contribution in [2.75, 3.05) is 14.1 Å². The summed E-state index contributed by atoms with van der Waals surface area (Å²) in [5, 5.41) is 0. The van der Waals surface area contributed by atoms with Gasteiger partial charge in [-0.05, 0) is 33.9 Å². The van der Waals surface area contributed by atoms with Crippen LogP contribution in [0.25, 0.3) is 0 Å². The van der Waals surface area contributed by atoms with Crippen molar-refractivity contribution in [1.29, 1.82) is 0 Å². The molecular formula is C12H24N2. The maximum absolute atomic E-state index is 6.22. The molecule has 2 N–H and O–H groups in total. The van der Waals surface area contributed by atoms with Crippen molar-refractivity contribution in [3.63, 3.8) is 0 Å². The maximum Gasteiger partial charge on any atom is 0.0358 e. The van der Waals surface area contributed by atoms with Gasteiger partial charge in [0.15, 0.2) is 0 Å². The lowest BCUT2D eigenvalue weighted by Crippen LogP contribution is -2.56. The second-order valence-corrected chi connectivity index (χ2v) is 3.94. The first kappa shape index (κ1) is 13.5. The van der Waals surface area contributed by atoms with Crippen molar-refractivity contribution in [1.82, 2.24) is 4.90 Å². The van der Waals surface area contributed by atoms with E-state index in [2.05, 4.69) is 44.7 Å². The molecule has 0 aliphatic rings. The molecule has 0 aromatic rings. The molecule has 0 aliphatic carbocycles. The highest BCUT2D eigenvalue weighted by molar-refractivity contribution is 5.05. The highest BCUT2D eigenvalue weighted by Gasteiger charge is 2.34. The molecule has 0 amide bonds. The minimum absolute atomic E-state index is 0.101. The molecule has 0 spiro atoms. The Morgan fingerprint density at radius 2 is 1.79 bits per heavy atom. The van der Waals surface area contributed by atoms with Gasteiger partial charge in [-0.15, -0.1) is 11.8 Å². The molecule has 0 saturated heterocycles. The Morgan fingerprint density at radius 1 is 1.29 bits per heavy atom. The van der Waals surface area contributed by atoms with Crippen LogP contribution in [0.3, 0.4) is 0 Å². The zero-order valence-corrected chi connectivity index (χ0v) is 10.2. The second-order valence-electron chi connectivity index (χ2n) is 3.94. The van der Waals surface area contributed by atoms with Crippen LogP contribution < -0.4 is 5.73 Å². The fraction of sp³-hybridized carbons (Fsp3) is 0.833. The third-order valence-electron chi connectivity index (χ3n) is 3.30. The molecule has 0 aromatic heterocycles. The smallest absolute Gasteiger partial charge is 0.0358 e. The van der Waals surface area contributed by atoms with E-state index >= 15 is 0 Å². The highest BCUT2D eigenvalue weighted by Crippen LogP contribution is 2.25. The van der Waals surface area contributed by atoms with E-state index in [0.717, 1.165) is 19.3 Å².